The minimum atomic E-state index is 0.582. The Kier molecular flexibility index (Phi) is 3.42. The number of hydrogen-bond donors (Lipinski definition) is 0. The van der Waals surface area contributed by atoms with E-state index in [1.807, 2.05) is 30.3 Å². The predicted molar refractivity (Wildman–Crippen MR) is 77.4 cm³/mol. The van der Waals surface area contributed by atoms with Crippen LogP contribution in [0.1, 0.15) is 29.0 Å². The highest BCUT2D eigenvalue weighted by molar-refractivity contribution is 9.10. The Morgan fingerprint density at radius 2 is 2.21 bits per heavy atom. The highest BCUT2D eigenvalue weighted by Crippen LogP contribution is 2.34. The highest BCUT2D eigenvalue weighted by atomic mass is 79.9. The molecule has 0 spiro atoms. The van der Waals surface area contributed by atoms with E-state index >= 15 is 0 Å². The number of carbonyl (C=O) groups excluding carboxylic acids is 1. The lowest BCUT2D eigenvalue weighted by molar-refractivity contribution is 0.112. The van der Waals surface area contributed by atoms with E-state index in [2.05, 4.69) is 20.8 Å². The van der Waals surface area contributed by atoms with E-state index < -0.39 is 0 Å². The van der Waals surface area contributed by atoms with Crippen LogP contribution in [-0.4, -0.2) is 12.3 Å². The van der Waals surface area contributed by atoms with Gasteiger partial charge in [-0.25, -0.2) is 0 Å². The van der Waals surface area contributed by atoms with Gasteiger partial charge in [-0.05, 0) is 59.1 Å². The van der Waals surface area contributed by atoms with Crippen LogP contribution in [0.15, 0.2) is 45.5 Å². The van der Waals surface area contributed by atoms with Gasteiger partial charge < -0.3 is 9.32 Å². The number of halogens is 1. The average Bonchev–Trinajstić information content (AvgIpc) is 3.13. The van der Waals surface area contributed by atoms with Crippen molar-refractivity contribution < 1.29 is 9.21 Å². The van der Waals surface area contributed by atoms with Crippen LogP contribution in [0.5, 0.6) is 0 Å². The zero-order valence-electron chi connectivity index (χ0n) is 10.4. The Morgan fingerprint density at radius 1 is 1.37 bits per heavy atom. The van der Waals surface area contributed by atoms with Gasteiger partial charge in [-0.1, -0.05) is 0 Å². The van der Waals surface area contributed by atoms with E-state index in [-0.39, 0.29) is 0 Å². The molecule has 1 fully saturated rings. The average molecular weight is 320 g/mol. The molecule has 0 N–H and O–H groups in total. The van der Waals surface area contributed by atoms with E-state index in [0.29, 0.717) is 11.6 Å². The summed E-state index contributed by atoms with van der Waals surface area (Å²) in [5.74, 6) is 0.961. The van der Waals surface area contributed by atoms with Gasteiger partial charge in [0.1, 0.15) is 5.76 Å². The van der Waals surface area contributed by atoms with Gasteiger partial charge >= 0.3 is 0 Å². The third kappa shape index (κ3) is 2.73. The monoisotopic (exact) mass is 319 g/mol. The van der Waals surface area contributed by atoms with Crippen molar-refractivity contribution in [1.29, 1.82) is 0 Å². The number of benzene rings is 1. The molecule has 1 saturated carbocycles. The van der Waals surface area contributed by atoms with E-state index in [1.54, 1.807) is 6.26 Å². The van der Waals surface area contributed by atoms with Gasteiger partial charge in [0.2, 0.25) is 0 Å². The lowest BCUT2D eigenvalue weighted by atomic mass is 10.2. The Morgan fingerprint density at radius 3 is 2.79 bits per heavy atom. The molecule has 0 amide bonds. The Bertz CT molecular complexity index is 576. The summed E-state index contributed by atoms with van der Waals surface area (Å²) in [6.45, 7) is 0.768. The molecule has 1 heterocycles. The van der Waals surface area contributed by atoms with Crippen LogP contribution >= 0.6 is 15.9 Å². The summed E-state index contributed by atoms with van der Waals surface area (Å²) in [6.07, 6.45) is 5.00. The standard InChI is InChI=1S/C15H14BrNO2/c16-15-8-13(4-3-11(15)10-18)17(12-5-6-12)9-14-2-1-7-19-14/h1-4,7-8,10,12H,5-6,9H2. The van der Waals surface area contributed by atoms with Gasteiger partial charge in [-0.15, -0.1) is 0 Å². The second kappa shape index (κ2) is 5.21. The molecule has 19 heavy (non-hydrogen) atoms. The minimum Gasteiger partial charge on any atom is -0.467 e. The Hall–Kier alpha value is -1.55. The first-order valence-electron chi connectivity index (χ1n) is 6.31. The lowest BCUT2D eigenvalue weighted by Gasteiger charge is -2.24. The highest BCUT2D eigenvalue weighted by Gasteiger charge is 2.30. The maximum Gasteiger partial charge on any atom is 0.151 e. The topological polar surface area (TPSA) is 33.5 Å². The van der Waals surface area contributed by atoms with Crippen LogP contribution in [0.25, 0.3) is 0 Å². The number of nitrogens with zero attached hydrogens (tertiary/aromatic N) is 1. The van der Waals surface area contributed by atoms with Crippen molar-refractivity contribution in [2.24, 2.45) is 0 Å². The summed E-state index contributed by atoms with van der Waals surface area (Å²) in [4.78, 5) is 13.2. The van der Waals surface area contributed by atoms with Crippen LogP contribution in [0.2, 0.25) is 0 Å². The summed E-state index contributed by atoms with van der Waals surface area (Å²) in [5, 5.41) is 0. The van der Waals surface area contributed by atoms with Crippen LogP contribution in [0, 0.1) is 0 Å². The quantitative estimate of drug-likeness (QED) is 0.780. The summed E-state index contributed by atoms with van der Waals surface area (Å²) in [5.41, 5.74) is 1.80. The van der Waals surface area contributed by atoms with Crippen LogP contribution < -0.4 is 4.90 Å². The SMILES string of the molecule is O=Cc1ccc(N(Cc2ccco2)C2CC2)cc1Br. The summed E-state index contributed by atoms with van der Waals surface area (Å²) < 4.78 is 6.27. The smallest absolute Gasteiger partial charge is 0.151 e. The molecule has 4 heteroatoms. The van der Waals surface area contributed by atoms with Crippen molar-refractivity contribution in [2.75, 3.05) is 4.90 Å². The van der Waals surface area contributed by atoms with Crippen molar-refractivity contribution in [3.63, 3.8) is 0 Å². The zero-order chi connectivity index (χ0) is 13.2. The molecule has 0 bridgehead atoms. The van der Waals surface area contributed by atoms with Gasteiger partial charge in [0.25, 0.3) is 0 Å². The largest absolute Gasteiger partial charge is 0.467 e. The molecule has 2 aromatic rings. The third-order valence-electron chi connectivity index (χ3n) is 3.34. The van der Waals surface area contributed by atoms with Crippen LogP contribution in [0.4, 0.5) is 5.69 Å². The van der Waals surface area contributed by atoms with E-state index in [9.17, 15) is 4.79 Å². The molecule has 1 aliphatic rings. The molecule has 1 aromatic carbocycles. The van der Waals surface area contributed by atoms with Gasteiger partial charge in [0.15, 0.2) is 6.29 Å². The molecular formula is C15H14BrNO2. The Balaban J connectivity index is 1.87. The lowest BCUT2D eigenvalue weighted by Crippen LogP contribution is -2.24. The fraction of sp³-hybridized carbons (Fsp3) is 0.267. The van der Waals surface area contributed by atoms with Crippen molar-refractivity contribution in [2.45, 2.75) is 25.4 Å². The minimum absolute atomic E-state index is 0.582. The maximum atomic E-state index is 10.9. The maximum absolute atomic E-state index is 10.9. The fourth-order valence-electron chi connectivity index (χ4n) is 2.18. The van der Waals surface area contributed by atoms with Gasteiger partial charge in [-0.3, -0.25) is 4.79 Å². The third-order valence-corrected chi connectivity index (χ3v) is 4.02. The number of aldehydes is 1. The van der Waals surface area contributed by atoms with Crippen LogP contribution in [-0.2, 0) is 6.54 Å². The van der Waals surface area contributed by atoms with Crippen molar-refractivity contribution in [3.05, 3.63) is 52.4 Å². The van der Waals surface area contributed by atoms with Crippen molar-refractivity contribution in [3.8, 4) is 0 Å². The molecular weight excluding hydrogens is 306 g/mol. The first-order valence-corrected chi connectivity index (χ1v) is 7.11. The molecule has 98 valence electrons. The number of hydrogen-bond acceptors (Lipinski definition) is 3. The molecule has 0 saturated heterocycles. The normalized spacial score (nSPS) is 14.4. The number of rotatable bonds is 5. The van der Waals surface area contributed by atoms with E-state index in [1.165, 1.54) is 12.8 Å². The number of furan rings is 1. The first kappa shape index (κ1) is 12.5. The molecule has 0 radical (unpaired) electrons. The van der Waals surface area contributed by atoms with Crippen molar-refractivity contribution >= 4 is 27.9 Å². The molecule has 0 aliphatic heterocycles. The molecule has 3 rings (SSSR count). The first-order chi connectivity index (χ1) is 9.28. The van der Waals surface area contributed by atoms with Crippen molar-refractivity contribution in [1.82, 2.24) is 0 Å². The second-order valence-corrected chi connectivity index (χ2v) is 5.62. The van der Waals surface area contributed by atoms with Gasteiger partial charge in [0.05, 0.1) is 12.8 Å². The Labute approximate surface area is 120 Å². The van der Waals surface area contributed by atoms with E-state index in [4.69, 9.17) is 4.42 Å². The summed E-state index contributed by atoms with van der Waals surface area (Å²) in [6, 6.07) is 10.3. The predicted octanol–water partition coefficient (Wildman–Crippen LogP) is 4.02. The fourth-order valence-corrected chi connectivity index (χ4v) is 2.64. The summed E-state index contributed by atoms with van der Waals surface area (Å²) in [7, 11) is 0. The number of anilines is 1. The van der Waals surface area contributed by atoms with E-state index in [0.717, 1.165) is 28.8 Å². The molecule has 1 aliphatic carbocycles. The number of carbonyl (C=O) groups is 1. The second-order valence-electron chi connectivity index (χ2n) is 4.76. The molecule has 0 unspecified atom stereocenters. The van der Waals surface area contributed by atoms with Crippen LogP contribution in [0.3, 0.4) is 0 Å². The zero-order valence-corrected chi connectivity index (χ0v) is 12.0. The summed E-state index contributed by atoms with van der Waals surface area (Å²) >= 11 is 3.44. The van der Waals surface area contributed by atoms with Gasteiger partial charge in [-0.2, -0.15) is 0 Å². The molecule has 0 atom stereocenters. The molecule has 1 aromatic heterocycles. The van der Waals surface area contributed by atoms with Gasteiger partial charge in [0, 0.05) is 21.8 Å². The molecule has 3 nitrogen and oxygen atoms in total.